The first-order chi connectivity index (χ1) is 7.63. The Morgan fingerprint density at radius 3 is 2.50 bits per heavy atom. The molecule has 1 rings (SSSR count). The van der Waals surface area contributed by atoms with Crippen LogP contribution in [0.15, 0.2) is 0 Å². The maximum absolute atomic E-state index is 9.34. The van der Waals surface area contributed by atoms with Gasteiger partial charge in [0.2, 0.25) is 0 Å². The summed E-state index contributed by atoms with van der Waals surface area (Å²) < 4.78 is 5.62. The number of piperidine rings is 1. The van der Waals surface area contributed by atoms with Crippen LogP contribution in [0.2, 0.25) is 0 Å². The van der Waals surface area contributed by atoms with Crippen LogP contribution in [0.4, 0.5) is 0 Å². The molecule has 0 radical (unpaired) electrons. The predicted octanol–water partition coefficient (Wildman–Crippen LogP) is 0.458. The van der Waals surface area contributed by atoms with Crippen LogP contribution in [-0.2, 0) is 4.74 Å². The Bertz CT molecular complexity index is 187. The summed E-state index contributed by atoms with van der Waals surface area (Å²) in [5.74, 6) is 0. The summed E-state index contributed by atoms with van der Waals surface area (Å²) in [6.45, 7) is 8.14. The van der Waals surface area contributed by atoms with Crippen molar-refractivity contribution in [2.45, 2.75) is 38.3 Å². The van der Waals surface area contributed by atoms with E-state index in [4.69, 9.17) is 4.74 Å². The number of aliphatic hydroxyl groups is 1. The Morgan fingerprint density at radius 2 is 2.06 bits per heavy atom. The van der Waals surface area contributed by atoms with Gasteiger partial charge in [-0.25, -0.2) is 0 Å². The Hall–Kier alpha value is -0.160. The van der Waals surface area contributed by atoms with E-state index in [1.807, 2.05) is 7.05 Å². The Kier molecular flexibility index (Phi) is 5.69. The minimum Gasteiger partial charge on any atom is -0.394 e. The summed E-state index contributed by atoms with van der Waals surface area (Å²) in [5, 5.41) is 12.5. The first-order valence-corrected chi connectivity index (χ1v) is 6.27. The Morgan fingerprint density at radius 1 is 1.44 bits per heavy atom. The van der Waals surface area contributed by atoms with E-state index in [2.05, 4.69) is 24.1 Å². The summed E-state index contributed by atoms with van der Waals surface area (Å²) >= 11 is 0. The second-order valence-electron chi connectivity index (χ2n) is 4.90. The van der Waals surface area contributed by atoms with Crippen LogP contribution in [0.25, 0.3) is 0 Å². The van der Waals surface area contributed by atoms with Crippen LogP contribution in [0.3, 0.4) is 0 Å². The van der Waals surface area contributed by atoms with Crippen molar-refractivity contribution in [2.75, 3.05) is 39.9 Å². The number of likely N-dealkylation sites (N-methyl/N-ethyl adjacent to an activating group) is 1. The average molecular weight is 230 g/mol. The van der Waals surface area contributed by atoms with E-state index in [0.29, 0.717) is 6.10 Å². The smallest absolute Gasteiger partial charge is 0.0623 e. The van der Waals surface area contributed by atoms with E-state index in [1.165, 1.54) is 0 Å². The Labute approximate surface area is 99.0 Å². The number of aliphatic hydroxyl groups excluding tert-OH is 1. The molecule has 96 valence electrons. The fourth-order valence-electron chi connectivity index (χ4n) is 2.17. The van der Waals surface area contributed by atoms with Gasteiger partial charge in [0, 0.05) is 26.2 Å². The highest BCUT2D eigenvalue weighted by Gasteiger charge is 2.27. The van der Waals surface area contributed by atoms with Crippen molar-refractivity contribution in [2.24, 2.45) is 0 Å². The minimum absolute atomic E-state index is 0.175. The lowest BCUT2D eigenvalue weighted by molar-refractivity contribution is 0.00557. The Balaban J connectivity index is 2.31. The molecule has 1 fully saturated rings. The van der Waals surface area contributed by atoms with Gasteiger partial charge in [0.05, 0.1) is 18.2 Å². The summed E-state index contributed by atoms with van der Waals surface area (Å²) in [4.78, 5) is 2.41. The quantitative estimate of drug-likeness (QED) is 0.696. The molecular formula is C12H26N2O2. The van der Waals surface area contributed by atoms with Crippen molar-refractivity contribution in [3.8, 4) is 0 Å². The second kappa shape index (κ2) is 6.55. The molecule has 0 amide bonds. The van der Waals surface area contributed by atoms with Gasteiger partial charge in [-0.15, -0.1) is 0 Å². The average Bonchev–Trinajstić information content (AvgIpc) is 2.32. The van der Waals surface area contributed by atoms with Crippen molar-refractivity contribution < 1.29 is 9.84 Å². The third-order valence-corrected chi connectivity index (χ3v) is 3.46. The summed E-state index contributed by atoms with van der Waals surface area (Å²) in [7, 11) is 1.91. The van der Waals surface area contributed by atoms with Gasteiger partial charge >= 0.3 is 0 Å². The van der Waals surface area contributed by atoms with Gasteiger partial charge in [-0.3, -0.25) is 0 Å². The number of nitrogens with zero attached hydrogens (tertiary/aromatic N) is 1. The lowest BCUT2D eigenvalue weighted by Gasteiger charge is -2.38. The predicted molar refractivity (Wildman–Crippen MR) is 65.6 cm³/mol. The summed E-state index contributed by atoms with van der Waals surface area (Å²) in [6, 6.07) is 0. The number of hydrogen-bond acceptors (Lipinski definition) is 4. The standard InChI is InChI=1S/C12H26N2O2/c1-4-16-11-5-7-14(8-6-11)9-12(2,10-15)13-3/h11,13,15H,4-10H2,1-3H3. The zero-order valence-corrected chi connectivity index (χ0v) is 10.8. The van der Waals surface area contributed by atoms with Gasteiger partial charge in [-0.1, -0.05) is 0 Å². The molecule has 2 N–H and O–H groups in total. The minimum atomic E-state index is -0.182. The molecule has 0 aromatic carbocycles. The van der Waals surface area contributed by atoms with Crippen LogP contribution in [-0.4, -0.2) is 61.5 Å². The highest BCUT2D eigenvalue weighted by molar-refractivity contribution is 4.86. The third kappa shape index (κ3) is 4.01. The van der Waals surface area contributed by atoms with Gasteiger partial charge in [0.1, 0.15) is 0 Å². The lowest BCUT2D eigenvalue weighted by Crippen LogP contribution is -2.54. The molecule has 0 bridgehead atoms. The van der Waals surface area contributed by atoms with E-state index in [1.54, 1.807) is 0 Å². The molecule has 1 saturated heterocycles. The van der Waals surface area contributed by atoms with E-state index >= 15 is 0 Å². The molecule has 1 aliphatic rings. The second-order valence-corrected chi connectivity index (χ2v) is 4.90. The molecule has 1 heterocycles. The van der Waals surface area contributed by atoms with Crippen molar-refractivity contribution in [3.05, 3.63) is 0 Å². The molecule has 4 heteroatoms. The molecule has 1 unspecified atom stereocenters. The molecule has 0 aliphatic carbocycles. The molecule has 0 aromatic heterocycles. The highest BCUT2D eigenvalue weighted by Crippen LogP contribution is 2.16. The molecular weight excluding hydrogens is 204 g/mol. The van der Waals surface area contributed by atoms with Crippen LogP contribution < -0.4 is 5.32 Å². The van der Waals surface area contributed by atoms with Crippen LogP contribution in [0.5, 0.6) is 0 Å². The lowest BCUT2D eigenvalue weighted by atomic mass is 10.0. The van der Waals surface area contributed by atoms with Crippen molar-refractivity contribution in [1.82, 2.24) is 10.2 Å². The number of ether oxygens (including phenoxy) is 1. The van der Waals surface area contributed by atoms with Crippen molar-refractivity contribution >= 4 is 0 Å². The third-order valence-electron chi connectivity index (χ3n) is 3.46. The molecule has 1 atom stereocenters. The first kappa shape index (κ1) is 13.9. The topological polar surface area (TPSA) is 44.7 Å². The fraction of sp³-hybridized carbons (Fsp3) is 1.00. The molecule has 0 aromatic rings. The van der Waals surface area contributed by atoms with Gasteiger partial charge in [-0.2, -0.15) is 0 Å². The van der Waals surface area contributed by atoms with Crippen LogP contribution >= 0.6 is 0 Å². The molecule has 0 saturated carbocycles. The maximum Gasteiger partial charge on any atom is 0.0623 e. The van der Waals surface area contributed by atoms with E-state index < -0.39 is 0 Å². The largest absolute Gasteiger partial charge is 0.394 e. The fourth-order valence-corrected chi connectivity index (χ4v) is 2.17. The van der Waals surface area contributed by atoms with Gasteiger partial charge in [-0.05, 0) is 33.7 Å². The number of likely N-dealkylation sites (tertiary alicyclic amines) is 1. The molecule has 1 aliphatic heterocycles. The van der Waals surface area contributed by atoms with Gasteiger partial charge in [0.15, 0.2) is 0 Å². The maximum atomic E-state index is 9.34. The monoisotopic (exact) mass is 230 g/mol. The first-order valence-electron chi connectivity index (χ1n) is 6.27. The van der Waals surface area contributed by atoms with E-state index in [-0.39, 0.29) is 12.1 Å². The molecule has 16 heavy (non-hydrogen) atoms. The normalized spacial score (nSPS) is 23.2. The summed E-state index contributed by atoms with van der Waals surface area (Å²) in [5.41, 5.74) is -0.182. The van der Waals surface area contributed by atoms with Gasteiger partial charge in [0.25, 0.3) is 0 Å². The zero-order chi connectivity index (χ0) is 12.0. The van der Waals surface area contributed by atoms with Crippen LogP contribution in [0, 0.1) is 0 Å². The van der Waals surface area contributed by atoms with Gasteiger partial charge < -0.3 is 20.1 Å². The number of nitrogens with one attached hydrogen (secondary N) is 1. The zero-order valence-electron chi connectivity index (χ0n) is 10.8. The molecule has 4 nitrogen and oxygen atoms in total. The number of rotatable bonds is 6. The van der Waals surface area contributed by atoms with E-state index in [9.17, 15) is 5.11 Å². The van der Waals surface area contributed by atoms with Crippen LogP contribution in [0.1, 0.15) is 26.7 Å². The van der Waals surface area contributed by atoms with Crippen molar-refractivity contribution in [1.29, 1.82) is 0 Å². The number of hydrogen-bond donors (Lipinski definition) is 2. The SMILES string of the molecule is CCOC1CCN(CC(C)(CO)NC)CC1. The molecule has 0 spiro atoms. The highest BCUT2D eigenvalue weighted by atomic mass is 16.5. The van der Waals surface area contributed by atoms with Crippen molar-refractivity contribution in [3.63, 3.8) is 0 Å². The van der Waals surface area contributed by atoms with E-state index in [0.717, 1.165) is 39.1 Å². The summed E-state index contributed by atoms with van der Waals surface area (Å²) in [6.07, 6.45) is 2.66.